The number of benzene rings is 3. The molecule has 1 aliphatic heterocycles. The lowest BCUT2D eigenvalue weighted by atomic mass is 10.1. The molecule has 6 heteroatoms. The molecule has 1 fully saturated rings. The lowest BCUT2D eigenvalue weighted by Gasteiger charge is -2.17. The summed E-state index contributed by atoms with van der Waals surface area (Å²) in [5, 5.41) is 12.2. The van der Waals surface area contributed by atoms with E-state index in [-0.39, 0.29) is 5.97 Å². The number of anilines is 3. The standard InChI is InChI=1S/C26H28N4O2/c1-3-32-26(31)20-6-8-21(9-7-20)27-23-12-15-25(19(2)18-23)29-28-22-10-13-24(14-11-22)30-16-4-5-17-30/h6-15,18,27H,3-5,16-17H2,1-2H3. The van der Waals surface area contributed by atoms with Gasteiger partial charge in [0.2, 0.25) is 0 Å². The predicted octanol–water partition coefficient (Wildman–Crippen LogP) is 6.93. The van der Waals surface area contributed by atoms with Gasteiger partial charge in [0, 0.05) is 30.2 Å². The number of carbonyl (C=O) groups is 1. The van der Waals surface area contributed by atoms with Crippen LogP contribution in [0.1, 0.15) is 35.7 Å². The average molecular weight is 429 g/mol. The molecule has 0 unspecified atom stereocenters. The van der Waals surface area contributed by atoms with E-state index in [1.165, 1.54) is 18.5 Å². The van der Waals surface area contributed by atoms with Crippen LogP contribution in [-0.4, -0.2) is 25.7 Å². The van der Waals surface area contributed by atoms with E-state index in [1.807, 2.05) is 49.4 Å². The zero-order chi connectivity index (χ0) is 22.3. The fourth-order valence-electron chi connectivity index (χ4n) is 3.73. The summed E-state index contributed by atoms with van der Waals surface area (Å²) in [6.45, 7) is 6.45. The molecule has 0 radical (unpaired) electrons. The fraction of sp³-hybridized carbons (Fsp3) is 0.269. The number of hydrogen-bond donors (Lipinski definition) is 1. The fourth-order valence-corrected chi connectivity index (χ4v) is 3.73. The minimum atomic E-state index is -0.310. The van der Waals surface area contributed by atoms with Gasteiger partial charge in [-0.05, 0) is 99.0 Å². The number of carbonyl (C=O) groups excluding carboxylic acids is 1. The van der Waals surface area contributed by atoms with E-state index in [9.17, 15) is 4.79 Å². The topological polar surface area (TPSA) is 66.3 Å². The Labute approximate surface area is 188 Å². The maximum Gasteiger partial charge on any atom is 0.338 e. The van der Waals surface area contributed by atoms with Gasteiger partial charge >= 0.3 is 5.97 Å². The van der Waals surface area contributed by atoms with E-state index in [4.69, 9.17) is 4.74 Å². The zero-order valence-electron chi connectivity index (χ0n) is 18.5. The van der Waals surface area contributed by atoms with Crippen LogP contribution in [0.25, 0.3) is 0 Å². The maximum absolute atomic E-state index is 11.8. The second-order valence-corrected chi connectivity index (χ2v) is 7.83. The third kappa shape index (κ3) is 5.32. The Morgan fingerprint density at radius 1 is 0.938 bits per heavy atom. The van der Waals surface area contributed by atoms with Crippen LogP contribution >= 0.6 is 0 Å². The zero-order valence-corrected chi connectivity index (χ0v) is 18.5. The molecule has 6 nitrogen and oxygen atoms in total. The minimum absolute atomic E-state index is 0.310. The van der Waals surface area contributed by atoms with Crippen molar-refractivity contribution in [2.24, 2.45) is 10.2 Å². The summed E-state index contributed by atoms with van der Waals surface area (Å²) in [5.74, 6) is -0.310. The van der Waals surface area contributed by atoms with Gasteiger partial charge in [-0.2, -0.15) is 10.2 Å². The first-order chi connectivity index (χ1) is 15.6. The molecule has 0 atom stereocenters. The van der Waals surface area contributed by atoms with Crippen LogP contribution in [0.5, 0.6) is 0 Å². The van der Waals surface area contributed by atoms with Gasteiger partial charge in [-0.25, -0.2) is 4.79 Å². The van der Waals surface area contributed by atoms with Crippen LogP contribution in [0.3, 0.4) is 0 Å². The first-order valence-corrected chi connectivity index (χ1v) is 11.0. The van der Waals surface area contributed by atoms with Crippen molar-refractivity contribution in [3.63, 3.8) is 0 Å². The summed E-state index contributed by atoms with van der Waals surface area (Å²) in [6, 6.07) is 21.5. The molecule has 0 aliphatic carbocycles. The Morgan fingerprint density at radius 3 is 2.28 bits per heavy atom. The first kappa shape index (κ1) is 21.6. The number of aryl methyl sites for hydroxylation is 1. The van der Waals surface area contributed by atoms with Crippen molar-refractivity contribution in [3.8, 4) is 0 Å². The van der Waals surface area contributed by atoms with Crippen LogP contribution in [0.15, 0.2) is 77.0 Å². The van der Waals surface area contributed by atoms with E-state index >= 15 is 0 Å². The van der Waals surface area contributed by atoms with E-state index in [2.05, 4.69) is 32.6 Å². The molecular formula is C26H28N4O2. The van der Waals surface area contributed by atoms with Crippen molar-refractivity contribution in [2.45, 2.75) is 26.7 Å². The summed E-state index contributed by atoms with van der Waals surface area (Å²) in [5.41, 5.74) is 6.33. The van der Waals surface area contributed by atoms with Crippen LogP contribution < -0.4 is 10.2 Å². The molecule has 3 aromatic rings. The van der Waals surface area contributed by atoms with Gasteiger partial charge < -0.3 is 15.0 Å². The number of nitrogens with one attached hydrogen (secondary N) is 1. The highest BCUT2D eigenvalue weighted by molar-refractivity contribution is 5.89. The van der Waals surface area contributed by atoms with Crippen molar-refractivity contribution in [3.05, 3.63) is 77.9 Å². The highest BCUT2D eigenvalue weighted by atomic mass is 16.5. The van der Waals surface area contributed by atoms with Crippen molar-refractivity contribution in [1.29, 1.82) is 0 Å². The van der Waals surface area contributed by atoms with Crippen LogP contribution in [-0.2, 0) is 4.74 Å². The van der Waals surface area contributed by atoms with Gasteiger partial charge in [-0.15, -0.1) is 0 Å². The average Bonchev–Trinajstić information content (AvgIpc) is 3.35. The number of azo groups is 1. The predicted molar refractivity (Wildman–Crippen MR) is 129 cm³/mol. The molecule has 32 heavy (non-hydrogen) atoms. The van der Waals surface area contributed by atoms with Crippen molar-refractivity contribution in [1.82, 2.24) is 0 Å². The third-order valence-electron chi connectivity index (χ3n) is 5.48. The molecule has 1 heterocycles. The summed E-state index contributed by atoms with van der Waals surface area (Å²) < 4.78 is 5.02. The first-order valence-electron chi connectivity index (χ1n) is 11.0. The second kappa shape index (κ2) is 10.1. The SMILES string of the molecule is CCOC(=O)c1ccc(Nc2ccc(N=Nc3ccc(N4CCCC4)cc3)c(C)c2)cc1. The summed E-state index contributed by atoms with van der Waals surface area (Å²) >= 11 is 0. The summed E-state index contributed by atoms with van der Waals surface area (Å²) in [7, 11) is 0. The molecule has 1 N–H and O–H groups in total. The molecule has 4 rings (SSSR count). The number of ether oxygens (including phenoxy) is 1. The van der Waals surface area contributed by atoms with E-state index < -0.39 is 0 Å². The van der Waals surface area contributed by atoms with Crippen molar-refractivity contribution in [2.75, 3.05) is 29.9 Å². The molecule has 0 spiro atoms. The number of nitrogens with zero attached hydrogens (tertiary/aromatic N) is 3. The van der Waals surface area contributed by atoms with Gasteiger partial charge in [-0.1, -0.05) is 0 Å². The van der Waals surface area contributed by atoms with Crippen LogP contribution in [0.2, 0.25) is 0 Å². The molecular weight excluding hydrogens is 400 g/mol. The van der Waals surface area contributed by atoms with Crippen molar-refractivity contribution >= 4 is 34.4 Å². The highest BCUT2D eigenvalue weighted by Gasteiger charge is 2.11. The van der Waals surface area contributed by atoms with E-state index in [0.29, 0.717) is 12.2 Å². The minimum Gasteiger partial charge on any atom is -0.462 e. The Morgan fingerprint density at radius 2 is 1.62 bits per heavy atom. The number of esters is 1. The Kier molecular flexibility index (Phi) is 6.80. The number of hydrogen-bond acceptors (Lipinski definition) is 6. The molecule has 0 amide bonds. The van der Waals surface area contributed by atoms with Gasteiger partial charge in [0.05, 0.1) is 23.5 Å². The molecule has 3 aromatic carbocycles. The lowest BCUT2D eigenvalue weighted by molar-refractivity contribution is 0.0526. The largest absolute Gasteiger partial charge is 0.462 e. The molecule has 1 aliphatic rings. The molecule has 0 aromatic heterocycles. The smallest absolute Gasteiger partial charge is 0.338 e. The number of rotatable bonds is 7. The van der Waals surface area contributed by atoms with Gasteiger partial charge in [0.15, 0.2) is 0 Å². The van der Waals surface area contributed by atoms with Gasteiger partial charge in [0.25, 0.3) is 0 Å². The third-order valence-corrected chi connectivity index (χ3v) is 5.48. The van der Waals surface area contributed by atoms with Crippen molar-refractivity contribution < 1.29 is 9.53 Å². The lowest BCUT2D eigenvalue weighted by Crippen LogP contribution is -2.17. The summed E-state index contributed by atoms with van der Waals surface area (Å²) in [4.78, 5) is 14.2. The summed E-state index contributed by atoms with van der Waals surface area (Å²) in [6.07, 6.45) is 2.54. The molecule has 1 saturated heterocycles. The monoisotopic (exact) mass is 428 g/mol. The quantitative estimate of drug-likeness (QED) is 0.327. The Bertz CT molecular complexity index is 1090. The highest BCUT2D eigenvalue weighted by Crippen LogP contribution is 2.28. The van der Waals surface area contributed by atoms with E-state index in [0.717, 1.165) is 41.4 Å². The molecule has 0 bridgehead atoms. The Hall–Kier alpha value is -3.67. The van der Waals surface area contributed by atoms with E-state index in [1.54, 1.807) is 19.1 Å². The second-order valence-electron chi connectivity index (χ2n) is 7.83. The maximum atomic E-state index is 11.8. The molecule has 0 saturated carbocycles. The normalized spacial score (nSPS) is 13.5. The Balaban J connectivity index is 1.39. The van der Waals surface area contributed by atoms with Gasteiger partial charge in [0.1, 0.15) is 0 Å². The van der Waals surface area contributed by atoms with Crippen LogP contribution in [0.4, 0.5) is 28.4 Å². The molecule has 164 valence electrons. The van der Waals surface area contributed by atoms with Crippen LogP contribution in [0, 0.1) is 6.92 Å². The van der Waals surface area contributed by atoms with Gasteiger partial charge in [-0.3, -0.25) is 0 Å².